The van der Waals surface area contributed by atoms with Crippen molar-refractivity contribution in [1.82, 2.24) is 0 Å². The Bertz CT molecular complexity index is 1020. The van der Waals surface area contributed by atoms with Gasteiger partial charge >= 0.3 is 0 Å². The Hall–Kier alpha value is -1.58. The molecule has 0 amide bonds. The zero-order chi connectivity index (χ0) is 18.9. The van der Waals surface area contributed by atoms with Gasteiger partial charge in [0.25, 0.3) is 10.0 Å². The Morgan fingerprint density at radius 1 is 1.08 bits per heavy atom. The van der Waals surface area contributed by atoms with Gasteiger partial charge in [-0.1, -0.05) is 15.9 Å². The molecule has 140 valence electrons. The second-order valence-corrected chi connectivity index (χ2v) is 10.7. The van der Waals surface area contributed by atoms with Crippen LogP contribution in [0, 0.1) is 6.92 Å². The maximum Gasteiger partial charge on any atom is 0.262 e. The van der Waals surface area contributed by atoms with Crippen LogP contribution in [0.25, 0.3) is 0 Å². The van der Waals surface area contributed by atoms with Crippen molar-refractivity contribution in [2.75, 3.05) is 21.3 Å². The van der Waals surface area contributed by atoms with E-state index in [4.69, 9.17) is 0 Å². The fourth-order valence-electron chi connectivity index (χ4n) is 2.90. The monoisotopic (exact) mass is 458 g/mol. The topological polar surface area (TPSA) is 83.6 Å². The van der Waals surface area contributed by atoms with Gasteiger partial charge in [0.05, 0.1) is 16.3 Å². The molecule has 1 N–H and O–H groups in total. The first kappa shape index (κ1) is 19.2. The van der Waals surface area contributed by atoms with Gasteiger partial charge in [-0.05, 0) is 67.8 Å². The van der Waals surface area contributed by atoms with Gasteiger partial charge in [-0.25, -0.2) is 16.8 Å². The van der Waals surface area contributed by atoms with Crippen LogP contribution in [0.4, 0.5) is 11.4 Å². The molecule has 0 spiro atoms. The molecule has 0 saturated carbocycles. The van der Waals surface area contributed by atoms with E-state index in [9.17, 15) is 16.8 Å². The van der Waals surface area contributed by atoms with E-state index < -0.39 is 20.0 Å². The first-order valence-electron chi connectivity index (χ1n) is 8.08. The summed E-state index contributed by atoms with van der Waals surface area (Å²) < 4.78 is 54.6. The van der Waals surface area contributed by atoms with Crippen molar-refractivity contribution in [3.05, 3.63) is 52.5 Å². The number of nitrogens with one attached hydrogen (secondary N) is 1. The van der Waals surface area contributed by atoms with Gasteiger partial charge in [-0.2, -0.15) is 0 Å². The maximum absolute atomic E-state index is 12.7. The normalized spacial score (nSPS) is 17.1. The minimum absolute atomic E-state index is 0.122. The molecule has 0 aromatic heterocycles. The van der Waals surface area contributed by atoms with Crippen LogP contribution in [-0.4, -0.2) is 29.1 Å². The molecule has 3 rings (SSSR count). The minimum atomic E-state index is -3.77. The molecule has 9 heteroatoms. The Morgan fingerprint density at radius 2 is 1.77 bits per heavy atom. The molecule has 0 bridgehead atoms. The Balaban J connectivity index is 1.90. The van der Waals surface area contributed by atoms with Gasteiger partial charge in [-0.15, -0.1) is 0 Å². The lowest BCUT2D eigenvalue weighted by molar-refractivity contribution is 0.574. The largest absolute Gasteiger partial charge is 0.280 e. The zero-order valence-electron chi connectivity index (χ0n) is 14.1. The predicted molar refractivity (Wildman–Crippen MR) is 106 cm³/mol. The van der Waals surface area contributed by atoms with E-state index >= 15 is 0 Å². The molecule has 1 heterocycles. The number of halogens is 1. The number of hydrogen-bond acceptors (Lipinski definition) is 4. The first-order chi connectivity index (χ1) is 12.2. The second-order valence-electron chi connectivity index (χ2n) is 6.16. The van der Waals surface area contributed by atoms with Crippen molar-refractivity contribution in [2.45, 2.75) is 24.7 Å². The number of anilines is 2. The molecule has 6 nitrogen and oxygen atoms in total. The highest BCUT2D eigenvalue weighted by Gasteiger charge is 2.27. The summed E-state index contributed by atoms with van der Waals surface area (Å²) in [5.41, 5.74) is 1.45. The molecule has 0 unspecified atom stereocenters. The number of rotatable bonds is 4. The van der Waals surface area contributed by atoms with E-state index in [-0.39, 0.29) is 10.6 Å². The van der Waals surface area contributed by atoms with Crippen molar-refractivity contribution in [1.29, 1.82) is 0 Å². The fraction of sp³-hybridized carbons (Fsp3) is 0.294. The molecule has 1 aliphatic rings. The van der Waals surface area contributed by atoms with Gasteiger partial charge in [-0.3, -0.25) is 9.03 Å². The summed E-state index contributed by atoms with van der Waals surface area (Å²) in [4.78, 5) is 0.124. The quantitative estimate of drug-likeness (QED) is 0.759. The van der Waals surface area contributed by atoms with Crippen LogP contribution in [0.5, 0.6) is 0 Å². The highest BCUT2D eigenvalue weighted by molar-refractivity contribution is 9.10. The Labute approximate surface area is 162 Å². The Morgan fingerprint density at radius 3 is 2.38 bits per heavy atom. The van der Waals surface area contributed by atoms with Crippen LogP contribution >= 0.6 is 15.9 Å². The molecular weight excluding hydrogens is 440 g/mol. The van der Waals surface area contributed by atoms with Gasteiger partial charge < -0.3 is 0 Å². The molecule has 2 aromatic carbocycles. The van der Waals surface area contributed by atoms with Gasteiger partial charge in [0, 0.05) is 16.7 Å². The fourth-order valence-corrected chi connectivity index (χ4v) is 6.08. The average molecular weight is 459 g/mol. The van der Waals surface area contributed by atoms with Crippen LogP contribution < -0.4 is 9.03 Å². The highest BCUT2D eigenvalue weighted by atomic mass is 79.9. The van der Waals surface area contributed by atoms with Crippen LogP contribution in [-0.2, 0) is 20.0 Å². The third kappa shape index (κ3) is 4.05. The number of benzene rings is 2. The summed E-state index contributed by atoms with van der Waals surface area (Å²) in [5, 5.41) is 0. The van der Waals surface area contributed by atoms with Crippen molar-refractivity contribution in [3.8, 4) is 0 Å². The molecule has 0 radical (unpaired) electrons. The lowest BCUT2D eigenvalue weighted by Gasteiger charge is -2.28. The van der Waals surface area contributed by atoms with Crippen LogP contribution in [0.2, 0.25) is 0 Å². The molecule has 2 aromatic rings. The van der Waals surface area contributed by atoms with Crippen LogP contribution in [0.1, 0.15) is 18.4 Å². The summed E-state index contributed by atoms with van der Waals surface area (Å²) in [6.07, 6.45) is 1.45. The van der Waals surface area contributed by atoms with E-state index in [1.54, 1.807) is 43.3 Å². The van der Waals surface area contributed by atoms with Crippen molar-refractivity contribution in [2.24, 2.45) is 0 Å². The average Bonchev–Trinajstić information content (AvgIpc) is 2.56. The lowest BCUT2D eigenvalue weighted by atomic mass is 10.2. The lowest BCUT2D eigenvalue weighted by Crippen LogP contribution is -2.37. The summed E-state index contributed by atoms with van der Waals surface area (Å²) >= 11 is 3.31. The van der Waals surface area contributed by atoms with E-state index in [1.807, 2.05) is 0 Å². The van der Waals surface area contributed by atoms with Gasteiger partial charge in [0.15, 0.2) is 0 Å². The predicted octanol–water partition coefficient (Wildman–Crippen LogP) is 3.49. The highest BCUT2D eigenvalue weighted by Crippen LogP contribution is 2.28. The van der Waals surface area contributed by atoms with E-state index in [0.29, 0.717) is 29.9 Å². The molecule has 1 aliphatic heterocycles. The maximum atomic E-state index is 12.7. The van der Waals surface area contributed by atoms with E-state index in [2.05, 4.69) is 20.7 Å². The second kappa shape index (κ2) is 7.21. The molecular formula is C17H19BrN2O4S2. The standard InChI is InChI=1S/C17H19BrN2O4S2/c1-13-12-16(20-10-2-3-11-25(20,21)22)8-9-17(13)26(23,24)19-15-6-4-14(18)5-7-15/h4-9,12,19H,2-3,10-11H2,1H3. The summed E-state index contributed by atoms with van der Waals surface area (Å²) in [7, 11) is -7.10. The molecule has 1 fully saturated rings. The van der Waals surface area contributed by atoms with Gasteiger partial charge in [0.1, 0.15) is 0 Å². The SMILES string of the molecule is Cc1cc(N2CCCCS2(=O)=O)ccc1S(=O)(=O)Nc1ccc(Br)cc1. The third-order valence-corrected chi connectivity index (χ3v) is 8.12. The van der Waals surface area contributed by atoms with Crippen molar-refractivity contribution in [3.63, 3.8) is 0 Å². The smallest absolute Gasteiger partial charge is 0.262 e. The Kier molecular flexibility index (Phi) is 5.32. The summed E-state index contributed by atoms with van der Waals surface area (Å²) in [6.45, 7) is 2.08. The van der Waals surface area contributed by atoms with Gasteiger partial charge in [0.2, 0.25) is 10.0 Å². The first-order valence-corrected chi connectivity index (χ1v) is 12.0. The minimum Gasteiger partial charge on any atom is -0.280 e. The molecule has 0 atom stereocenters. The summed E-state index contributed by atoms with van der Waals surface area (Å²) in [5.74, 6) is 0.122. The zero-order valence-corrected chi connectivity index (χ0v) is 17.4. The summed E-state index contributed by atoms with van der Waals surface area (Å²) in [6, 6.07) is 11.4. The third-order valence-electron chi connectivity index (χ3n) is 4.18. The number of nitrogens with zero attached hydrogens (tertiary/aromatic N) is 1. The number of hydrogen-bond donors (Lipinski definition) is 1. The van der Waals surface area contributed by atoms with Crippen LogP contribution in [0.15, 0.2) is 51.8 Å². The molecule has 26 heavy (non-hydrogen) atoms. The molecule has 0 aliphatic carbocycles. The number of sulfonamides is 2. The van der Waals surface area contributed by atoms with Crippen molar-refractivity contribution < 1.29 is 16.8 Å². The van der Waals surface area contributed by atoms with E-state index in [1.165, 1.54) is 10.4 Å². The van der Waals surface area contributed by atoms with E-state index in [0.717, 1.165) is 10.9 Å². The van der Waals surface area contributed by atoms with Crippen molar-refractivity contribution >= 4 is 47.4 Å². The van der Waals surface area contributed by atoms with Crippen LogP contribution in [0.3, 0.4) is 0 Å². The molecule has 1 saturated heterocycles. The number of aryl methyl sites for hydroxylation is 1.